The minimum Gasteiger partial charge on any atom is -0.444 e. The maximum absolute atomic E-state index is 15.1. The van der Waals surface area contributed by atoms with Crippen LogP contribution < -0.4 is 4.90 Å². The Morgan fingerprint density at radius 2 is 1.65 bits per heavy atom. The number of piperidine rings is 2. The van der Waals surface area contributed by atoms with Crippen molar-refractivity contribution >= 4 is 22.9 Å². The standard InChI is InChI=1S/C34H47FN6O2/c1-23-19-26-25-9-7-8-10-27(25)38-28(26)29(41(23)22-33(5,6)35)24-20-36-30(37-21-24)39-15-11-34(12-16-39)13-17-40(18-14-34)31(42)43-32(2,3)4/h7-10,20-21,23,29,38H,11-19,22H2,1-6H3/t23-,29-/m1/s1. The fourth-order valence-electron chi connectivity index (χ4n) is 7.35. The Bertz CT molecular complexity index is 1440. The molecule has 1 amide bonds. The van der Waals surface area contributed by atoms with Crippen LogP contribution in [0.4, 0.5) is 15.1 Å². The number of ether oxygens (including phenoxy) is 1. The highest BCUT2D eigenvalue weighted by atomic mass is 19.1. The number of para-hydroxylation sites is 1. The molecular formula is C34H47FN6O2. The second-order valence-electron chi connectivity index (χ2n) is 14.7. The summed E-state index contributed by atoms with van der Waals surface area (Å²) in [6.45, 7) is 14.9. The molecule has 3 aromatic rings. The van der Waals surface area contributed by atoms with Crippen LogP contribution in [0.1, 0.15) is 90.1 Å². The lowest BCUT2D eigenvalue weighted by Crippen LogP contribution is -2.49. The Labute approximate surface area is 255 Å². The average Bonchev–Trinajstić information content (AvgIpc) is 3.31. The molecule has 0 aliphatic carbocycles. The number of halogens is 1. The number of nitrogens with one attached hydrogen (secondary N) is 1. The molecule has 2 aromatic heterocycles. The van der Waals surface area contributed by atoms with Gasteiger partial charge in [-0.1, -0.05) is 18.2 Å². The quantitative estimate of drug-likeness (QED) is 0.366. The first-order chi connectivity index (χ1) is 20.3. The van der Waals surface area contributed by atoms with Crippen LogP contribution in [-0.2, 0) is 11.2 Å². The summed E-state index contributed by atoms with van der Waals surface area (Å²) in [6, 6.07) is 8.45. The number of anilines is 1. The second kappa shape index (κ2) is 11.1. The van der Waals surface area contributed by atoms with Crippen molar-refractivity contribution in [3.05, 3.63) is 53.5 Å². The summed E-state index contributed by atoms with van der Waals surface area (Å²) in [7, 11) is 0. The highest BCUT2D eigenvalue weighted by Crippen LogP contribution is 2.43. The molecule has 1 aromatic carbocycles. The molecule has 8 nitrogen and oxygen atoms in total. The predicted molar refractivity (Wildman–Crippen MR) is 168 cm³/mol. The minimum absolute atomic E-state index is 0.144. The molecule has 9 heteroatoms. The highest BCUT2D eigenvalue weighted by Gasteiger charge is 2.41. The molecule has 2 atom stereocenters. The summed E-state index contributed by atoms with van der Waals surface area (Å²) in [6.07, 6.45) is 8.71. The number of benzene rings is 1. The number of aromatic nitrogens is 3. The SMILES string of the molecule is C[C@@H]1Cc2c([nH]c3ccccc23)[C@@H](c2cnc(N3CCC4(CCN(C(=O)OC(C)(C)C)CC4)CC3)nc2)N1CC(C)(C)F. The van der Waals surface area contributed by atoms with E-state index in [4.69, 9.17) is 14.7 Å². The molecular weight excluding hydrogens is 543 g/mol. The van der Waals surface area contributed by atoms with Crippen LogP contribution in [0.2, 0.25) is 0 Å². The van der Waals surface area contributed by atoms with Crippen LogP contribution in [-0.4, -0.2) is 80.9 Å². The summed E-state index contributed by atoms with van der Waals surface area (Å²) in [5.41, 5.74) is 2.99. The summed E-state index contributed by atoms with van der Waals surface area (Å²) >= 11 is 0. The monoisotopic (exact) mass is 590 g/mol. The number of H-pyrrole nitrogens is 1. The first kappa shape index (κ1) is 29.9. The maximum atomic E-state index is 15.1. The molecule has 3 aliphatic heterocycles. The molecule has 0 radical (unpaired) electrons. The molecule has 232 valence electrons. The third kappa shape index (κ3) is 6.24. The lowest BCUT2D eigenvalue weighted by atomic mass is 9.71. The minimum atomic E-state index is -1.33. The molecule has 2 fully saturated rings. The Morgan fingerprint density at radius 3 is 2.28 bits per heavy atom. The third-order valence-corrected chi connectivity index (χ3v) is 9.63. The van der Waals surface area contributed by atoms with Crippen LogP contribution in [0.25, 0.3) is 10.9 Å². The largest absolute Gasteiger partial charge is 0.444 e. The van der Waals surface area contributed by atoms with Crippen molar-refractivity contribution in [3.8, 4) is 0 Å². The molecule has 5 heterocycles. The van der Waals surface area contributed by atoms with Crippen LogP contribution in [0.5, 0.6) is 0 Å². The Balaban J connectivity index is 1.16. The van der Waals surface area contributed by atoms with Gasteiger partial charge in [0.2, 0.25) is 5.95 Å². The number of nitrogens with zero attached hydrogens (tertiary/aromatic N) is 5. The predicted octanol–water partition coefficient (Wildman–Crippen LogP) is 6.66. The van der Waals surface area contributed by atoms with Gasteiger partial charge >= 0.3 is 6.09 Å². The molecule has 0 unspecified atom stereocenters. The highest BCUT2D eigenvalue weighted by molar-refractivity contribution is 5.85. The van der Waals surface area contributed by atoms with Gasteiger partial charge in [-0.05, 0) is 90.7 Å². The van der Waals surface area contributed by atoms with Crippen molar-refractivity contribution in [1.29, 1.82) is 0 Å². The van der Waals surface area contributed by atoms with Crippen LogP contribution in [0, 0.1) is 5.41 Å². The van der Waals surface area contributed by atoms with Gasteiger partial charge in [0, 0.05) is 73.3 Å². The van der Waals surface area contributed by atoms with E-state index in [2.05, 4.69) is 46.0 Å². The Kier molecular flexibility index (Phi) is 7.68. The number of amides is 1. The zero-order valence-corrected chi connectivity index (χ0v) is 26.6. The number of fused-ring (bicyclic) bond motifs is 3. The fourth-order valence-corrected chi connectivity index (χ4v) is 7.35. The molecule has 1 N–H and O–H groups in total. The van der Waals surface area contributed by atoms with Crippen molar-refractivity contribution < 1.29 is 13.9 Å². The number of likely N-dealkylation sites (tertiary alicyclic amines) is 1. The number of aromatic amines is 1. The van der Waals surface area contributed by atoms with Crippen molar-refractivity contribution in [1.82, 2.24) is 24.8 Å². The number of rotatable bonds is 4. The number of carbonyl (C=O) groups excluding carboxylic acids is 1. The van der Waals surface area contributed by atoms with Crippen LogP contribution in [0.15, 0.2) is 36.7 Å². The molecule has 2 saturated heterocycles. The second-order valence-corrected chi connectivity index (χ2v) is 14.7. The van der Waals surface area contributed by atoms with E-state index in [1.54, 1.807) is 13.8 Å². The Morgan fingerprint density at radius 1 is 1.02 bits per heavy atom. The van der Waals surface area contributed by atoms with E-state index < -0.39 is 11.3 Å². The van der Waals surface area contributed by atoms with Crippen LogP contribution in [0.3, 0.4) is 0 Å². The first-order valence-electron chi connectivity index (χ1n) is 15.9. The van der Waals surface area contributed by atoms with Crippen molar-refractivity contribution in [2.45, 2.75) is 97.0 Å². The molecule has 3 aliphatic rings. The molecule has 1 spiro atoms. The molecule has 6 rings (SSSR count). The fraction of sp³-hybridized carbons (Fsp3) is 0.618. The number of hydrogen-bond acceptors (Lipinski definition) is 6. The summed E-state index contributed by atoms with van der Waals surface area (Å²) in [5.74, 6) is 0.753. The summed E-state index contributed by atoms with van der Waals surface area (Å²) in [5, 5.41) is 1.24. The zero-order valence-electron chi connectivity index (χ0n) is 26.6. The normalized spacial score (nSPS) is 23.0. The first-order valence-corrected chi connectivity index (χ1v) is 15.9. The van der Waals surface area contributed by atoms with E-state index in [-0.39, 0.29) is 23.6 Å². The molecule has 0 bridgehead atoms. The van der Waals surface area contributed by atoms with Crippen molar-refractivity contribution in [2.24, 2.45) is 5.41 Å². The maximum Gasteiger partial charge on any atom is 0.410 e. The van der Waals surface area contributed by atoms with Crippen molar-refractivity contribution in [3.63, 3.8) is 0 Å². The zero-order chi connectivity index (χ0) is 30.6. The molecule has 43 heavy (non-hydrogen) atoms. The Hall–Kier alpha value is -3.20. The number of alkyl halides is 1. The van der Waals surface area contributed by atoms with Gasteiger partial charge in [-0.25, -0.2) is 19.2 Å². The van der Waals surface area contributed by atoms with Gasteiger partial charge in [0.15, 0.2) is 0 Å². The van der Waals surface area contributed by atoms with Gasteiger partial charge < -0.3 is 19.5 Å². The summed E-state index contributed by atoms with van der Waals surface area (Å²) in [4.78, 5) is 32.4. The average molecular weight is 591 g/mol. The van der Waals surface area contributed by atoms with Gasteiger partial charge in [-0.2, -0.15) is 0 Å². The van der Waals surface area contributed by atoms with E-state index >= 15 is 4.39 Å². The van der Waals surface area contributed by atoms with Gasteiger partial charge in [-0.3, -0.25) is 4.90 Å². The topological polar surface area (TPSA) is 77.6 Å². The van der Waals surface area contributed by atoms with E-state index in [0.717, 1.165) is 81.0 Å². The van der Waals surface area contributed by atoms with Gasteiger partial charge in [0.1, 0.15) is 11.3 Å². The third-order valence-electron chi connectivity index (χ3n) is 9.63. The van der Waals surface area contributed by atoms with Gasteiger partial charge in [-0.15, -0.1) is 0 Å². The van der Waals surface area contributed by atoms with Crippen LogP contribution >= 0.6 is 0 Å². The summed E-state index contributed by atoms with van der Waals surface area (Å²) < 4.78 is 20.7. The van der Waals surface area contributed by atoms with Gasteiger partial charge in [0.25, 0.3) is 0 Å². The lowest BCUT2D eigenvalue weighted by molar-refractivity contribution is 0.00662. The van der Waals surface area contributed by atoms with E-state index in [1.165, 1.54) is 10.9 Å². The van der Waals surface area contributed by atoms with E-state index in [9.17, 15) is 4.79 Å². The molecule has 0 saturated carbocycles. The smallest absolute Gasteiger partial charge is 0.410 e. The van der Waals surface area contributed by atoms with E-state index in [0.29, 0.717) is 6.54 Å². The number of hydrogen-bond donors (Lipinski definition) is 1. The number of carbonyl (C=O) groups is 1. The lowest BCUT2D eigenvalue weighted by Gasteiger charge is -2.46. The van der Waals surface area contributed by atoms with Gasteiger partial charge in [0.05, 0.1) is 6.04 Å². The van der Waals surface area contributed by atoms with Crippen molar-refractivity contribution in [2.75, 3.05) is 37.6 Å². The van der Waals surface area contributed by atoms with E-state index in [1.807, 2.05) is 38.1 Å².